The molecular formula is C13H23N3O4S. The van der Waals surface area contributed by atoms with E-state index in [-0.39, 0.29) is 6.54 Å². The van der Waals surface area contributed by atoms with Crippen LogP contribution in [0.1, 0.15) is 25.7 Å². The van der Waals surface area contributed by atoms with Gasteiger partial charge in [-0.25, -0.2) is 0 Å². The number of fused-ring (bicyclic) bond motifs is 1. The monoisotopic (exact) mass is 317 g/mol. The fourth-order valence-corrected chi connectivity index (χ4v) is 5.42. The van der Waals surface area contributed by atoms with Crippen molar-refractivity contribution in [3.8, 4) is 0 Å². The molecule has 21 heavy (non-hydrogen) atoms. The molecule has 3 heterocycles. The molecule has 0 saturated carbocycles. The van der Waals surface area contributed by atoms with Gasteiger partial charge in [0.25, 0.3) is 10.2 Å². The number of hydrogen-bond donors (Lipinski definition) is 1. The quantitative estimate of drug-likeness (QED) is 0.780. The van der Waals surface area contributed by atoms with E-state index in [1.165, 1.54) is 4.31 Å². The van der Waals surface area contributed by atoms with Crippen LogP contribution in [0.4, 0.5) is 0 Å². The third kappa shape index (κ3) is 2.94. The van der Waals surface area contributed by atoms with Crippen LogP contribution < -0.4 is 0 Å². The Kier molecular flexibility index (Phi) is 4.22. The Bertz CT molecular complexity index is 510. The summed E-state index contributed by atoms with van der Waals surface area (Å²) in [5, 5.41) is 9.11. The highest BCUT2D eigenvalue weighted by Gasteiger charge is 2.40. The maximum Gasteiger partial charge on any atom is 0.307 e. The Morgan fingerprint density at radius 3 is 2.43 bits per heavy atom. The van der Waals surface area contributed by atoms with Gasteiger partial charge in [-0.15, -0.1) is 0 Å². The molecule has 0 amide bonds. The third-order valence-corrected chi connectivity index (χ3v) is 6.90. The van der Waals surface area contributed by atoms with Crippen molar-refractivity contribution in [1.82, 2.24) is 13.5 Å². The fraction of sp³-hybridized carbons (Fsp3) is 0.923. The minimum atomic E-state index is -3.51. The van der Waals surface area contributed by atoms with Gasteiger partial charge < -0.3 is 5.11 Å². The number of piperidine rings is 1. The molecule has 0 aliphatic carbocycles. The lowest BCUT2D eigenvalue weighted by molar-refractivity contribution is -0.142. The molecule has 0 bridgehead atoms. The summed E-state index contributed by atoms with van der Waals surface area (Å²) < 4.78 is 28.4. The Hall–Kier alpha value is -0.700. The molecule has 3 saturated heterocycles. The summed E-state index contributed by atoms with van der Waals surface area (Å²) in [6.45, 7) is 3.49. The molecule has 0 spiro atoms. The van der Waals surface area contributed by atoms with E-state index in [0.717, 1.165) is 25.9 Å². The fourth-order valence-electron chi connectivity index (χ4n) is 3.69. The van der Waals surface area contributed by atoms with Gasteiger partial charge in [-0.3, -0.25) is 9.69 Å². The number of piperazine rings is 1. The van der Waals surface area contributed by atoms with Crippen molar-refractivity contribution in [3.05, 3.63) is 0 Å². The van der Waals surface area contributed by atoms with E-state index in [1.807, 2.05) is 0 Å². The summed E-state index contributed by atoms with van der Waals surface area (Å²) in [5.41, 5.74) is 0. The highest BCUT2D eigenvalue weighted by atomic mass is 32.2. The van der Waals surface area contributed by atoms with E-state index in [2.05, 4.69) is 4.90 Å². The van der Waals surface area contributed by atoms with Crippen LogP contribution in [-0.2, 0) is 15.0 Å². The first-order valence-electron chi connectivity index (χ1n) is 7.70. The molecule has 0 radical (unpaired) electrons. The predicted molar refractivity (Wildman–Crippen MR) is 77.0 cm³/mol. The van der Waals surface area contributed by atoms with E-state index in [4.69, 9.17) is 5.11 Å². The maximum absolute atomic E-state index is 12.7. The molecule has 3 aliphatic heterocycles. The lowest BCUT2D eigenvalue weighted by Crippen LogP contribution is -2.57. The van der Waals surface area contributed by atoms with Crippen molar-refractivity contribution in [3.63, 3.8) is 0 Å². The topological polar surface area (TPSA) is 81.2 Å². The van der Waals surface area contributed by atoms with E-state index >= 15 is 0 Å². The van der Waals surface area contributed by atoms with Gasteiger partial charge in [0.2, 0.25) is 0 Å². The molecule has 120 valence electrons. The normalized spacial score (nSPS) is 33.0. The van der Waals surface area contributed by atoms with E-state index in [9.17, 15) is 13.2 Å². The molecule has 0 aromatic carbocycles. The molecule has 7 nitrogen and oxygen atoms in total. The van der Waals surface area contributed by atoms with Gasteiger partial charge >= 0.3 is 5.97 Å². The Morgan fingerprint density at radius 1 is 0.952 bits per heavy atom. The van der Waals surface area contributed by atoms with Crippen molar-refractivity contribution >= 4 is 16.2 Å². The molecule has 2 unspecified atom stereocenters. The van der Waals surface area contributed by atoms with Crippen LogP contribution in [0.3, 0.4) is 0 Å². The minimum absolute atomic E-state index is 0.114. The average molecular weight is 317 g/mol. The maximum atomic E-state index is 12.7. The lowest BCUT2D eigenvalue weighted by atomic mass is 10.0. The zero-order valence-electron chi connectivity index (χ0n) is 12.1. The summed E-state index contributed by atoms with van der Waals surface area (Å²) >= 11 is 0. The van der Waals surface area contributed by atoms with Gasteiger partial charge in [0.05, 0.1) is 5.92 Å². The highest BCUT2D eigenvalue weighted by Crippen LogP contribution is 2.26. The lowest BCUT2D eigenvalue weighted by Gasteiger charge is -2.40. The van der Waals surface area contributed by atoms with Crippen molar-refractivity contribution in [1.29, 1.82) is 0 Å². The molecule has 1 N–H and O–H groups in total. The Morgan fingerprint density at radius 2 is 1.67 bits per heavy atom. The number of rotatable bonds is 3. The van der Waals surface area contributed by atoms with Crippen LogP contribution in [-0.4, -0.2) is 78.3 Å². The average Bonchev–Trinajstić information content (AvgIpc) is 2.94. The molecule has 3 aliphatic rings. The van der Waals surface area contributed by atoms with Crippen molar-refractivity contribution in [2.45, 2.75) is 31.7 Å². The van der Waals surface area contributed by atoms with Gasteiger partial charge in [0, 0.05) is 38.8 Å². The van der Waals surface area contributed by atoms with Crippen molar-refractivity contribution in [2.75, 3.05) is 39.3 Å². The Labute approximate surface area is 125 Å². The first-order valence-corrected chi connectivity index (χ1v) is 9.10. The zero-order valence-corrected chi connectivity index (χ0v) is 13.0. The molecule has 3 rings (SSSR count). The SMILES string of the molecule is O=C(O)C1CCCN(S(=O)(=O)N2CCN3CCCC3C2)C1. The van der Waals surface area contributed by atoms with Crippen LogP contribution in [0.2, 0.25) is 0 Å². The molecule has 2 atom stereocenters. The highest BCUT2D eigenvalue weighted by molar-refractivity contribution is 7.86. The molecule has 0 aromatic heterocycles. The molecular weight excluding hydrogens is 294 g/mol. The summed E-state index contributed by atoms with van der Waals surface area (Å²) in [6.07, 6.45) is 3.39. The van der Waals surface area contributed by atoms with E-state index in [1.54, 1.807) is 4.31 Å². The summed E-state index contributed by atoms with van der Waals surface area (Å²) in [5.74, 6) is -1.46. The number of carbonyl (C=O) groups is 1. The first kappa shape index (κ1) is 15.2. The van der Waals surface area contributed by atoms with Gasteiger partial charge in [-0.05, 0) is 32.2 Å². The molecule has 8 heteroatoms. The second-order valence-electron chi connectivity index (χ2n) is 6.23. The van der Waals surface area contributed by atoms with Crippen LogP contribution >= 0.6 is 0 Å². The van der Waals surface area contributed by atoms with Crippen LogP contribution in [0.15, 0.2) is 0 Å². The third-order valence-electron chi connectivity index (χ3n) is 4.94. The van der Waals surface area contributed by atoms with Crippen LogP contribution in [0.5, 0.6) is 0 Å². The number of carboxylic acids is 1. The number of aliphatic carboxylic acids is 1. The first-order chi connectivity index (χ1) is 9.98. The van der Waals surface area contributed by atoms with E-state index in [0.29, 0.717) is 38.5 Å². The van der Waals surface area contributed by atoms with Gasteiger partial charge in [0.15, 0.2) is 0 Å². The number of hydrogen-bond acceptors (Lipinski definition) is 4. The summed E-state index contributed by atoms with van der Waals surface area (Å²) in [4.78, 5) is 13.5. The second-order valence-corrected chi connectivity index (χ2v) is 8.16. The van der Waals surface area contributed by atoms with Gasteiger partial charge in [0.1, 0.15) is 0 Å². The molecule has 3 fully saturated rings. The summed E-state index contributed by atoms with van der Waals surface area (Å²) in [6, 6.07) is 0.341. The molecule has 0 aromatic rings. The smallest absolute Gasteiger partial charge is 0.307 e. The minimum Gasteiger partial charge on any atom is -0.481 e. The van der Waals surface area contributed by atoms with E-state index < -0.39 is 22.1 Å². The van der Waals surface area contributed by atoms with Crippen LogP contribution in [0, 0.1) is 5.92 Å². The van der Waals surface area contributed by atoms with Gasteiger partial charge in [-0.1, -0.05) is 0 Å². The number of nitrogens with zero attached hydrogens (tertiary/aromatic N) is 3. The number of carboxylic acid groups (broad SMARTS) is 1. The van der Waals surface area contributed by atoms with Crippen molar-refractivity contribution in [2.24, 2.45) is 5.92 Å². The van der Waals surface area contributed by atoms with Crippen molar-refractivity contribution < 1.29 is 18.3 Å². The largest absolute Gasteiger partial charge is 0.481 e. The standard InChI is InChI=1S/C13H23N3O4S/c17-13(18)11-3-1-6-15(9-11)21(19,20)16-8-7-14-5-2-4-12(14)10-16/h11-12H,1-10H2,(H,17,18). The summed E-state index contributed by atoms with van der Waals surface area (Å²) in [7, 11) is -3.51. The Balaban J connectivity index is 1.69. The zero-order chi connectivity index (χ0) is 15.0. The predicted octanol–water partition coefficient (Wildman–Crippen LogP) is -0.192. The second kappa shape index (κ2) is 5.83. The van der Waals surface area contributed by atoms with Crippen LogP contribution in [0.25, 0.3) is 0 Å². The van der Waals surface area contributed by atoms with Gasteiger partial charge in [-0.2, -0.15) is 17.0 Å².